The zero-order chi connectivity index (χ0) is 11.7. The summed E-state index contributed by atoms with van der Waals surface area (Å²) in [7, 11) is 1.84. The lowest BCUT2D eigenvalue weighted by Crippen LogP contribution is -2.34. The van der Waals surface area contributed by atoms with Crippen LogP contribution in [0.4, 0.5) is 11.4 Å². The maximum Gasteiger partial charge on any atom is 0.259 e. The van der Waals surface area contributed by atoms with E-state index in [1.807, 2.05) is 18.0 Å². The van der Waals surface area contributed by atoms with E-state index in [1.165, 1.54) is 0 Å². The van der Waals surface area contributed by atoms with E-state index in [1.54, 1.807) is 12.1 Å². The van der Waals surface area contributed by atoms with Gasteiger partial charge in [0.1, 0.15) is 11.6 Å². The lowest BCUT2D eigenvalue weighted by Gasteiger charge is -2.29. The van der Waals surface area contributed by atoms with Gasteiger partial charge in [-0.15, -0.1) is 0 Å². The molecule has 1 atom stereocenters. The van der Waals surface area contributed by atoms with Crippen LogP contribution in [-0.4, -0.2) is 27.4 Å². The standard InChI is InChI=1S/C9H10N2O3S2/c1-11-7-4-2-3-6(10-16(12)13)9(7)14-5-8(11)15/h2-4,10H,5H2,1H3,(H,12,13). The van der Waals surface area contributed by atoms with Crippen molar-refractivity contribution >= 4 is 39.8 Å². The quantitative estimate of drug-likeness (QED) is 0.620. The van der Waals surface area contributed by atoms with E-state index < -0.39 is 11.3 Å². The van der Waals surface area contributed by atoms with Crippen LogP contribution in [0, 0.1) is 0 Å². The number of nitrogens with zero attached hydrogens (tertiary/aromatic N) is 1. The molecule has 1 heterocycles. The monoisotopic (exact) mass is 258 g/mol. The Morgan fingerprint density at radius 3 is 3.06 bits per heavy atom. The summed E-state index contributed by atoms with van der Waals surface area (Å²) in [6.45, 7) is 0.301. The smallest absolute Gasteiger partial charge is 0.259 e. The number of fused-ring (bicyclic) bond motifs is 1. The van der Waals surface area contributed by atoms with Gasteiger partial charge in [-0.05, 0) is 12.1 Å². The highest BCUT2D eigenvalue weighted by Crippen LogP contribution is 2.38. The second-order valence-corrected chi connectivity index (χ2v) is 4.42. The molecule has 16 heavy (non-hydrogen) atoms. The number of likely N-dealkylation sites (N-methyl/N-ethyl adjacent to an activating group) is 1. The Balaban J connectivity index is 2.44. The van der Waals surface area contributed by atoms with Gasteiger partial charge >= 0.3 is 0 Å². The lowest BCUT2D eigenvalue weighted by molar-refractivity contribution is 0.372. The first-order chi connectivity index (χ1) is 7.59. The molecule has 0 saturated heterocycles. The molecule has 1 unspecified atom stereocenters. The van der Waals surface area contributed by atoms with Crippen LogP contribution >= 0.6 is 12.2 Å². The maximum absolute atomic E-state index is 10.7. The van der Waals surface area contributed by atoms with E-state index in [9.17, 15) is 4.21 Å². The average Bonchev–Trinajstić information content (AvgIpc) is 2.23. The van der Waals surface area contributed by atoms with Crippen LogP contribution in [0.25, 0.3) is 0 Å². The van der Waals surface area contributed by atoms with Crippen molar-refractivity contribution in [2.24, 2.45) is 0 Å². The Labute approximate surface area is 101 Å². The molecule has 86 valence electrons. The van der Waals surface area contributed by atoms with E-state index in [4.69, 9.17) is 21.5 Å². The molecule has 0 fully saturated rings. The summed E-state index contributed by atoms with van der Waals surface area (Å²) < 4.78 is 27.3. The van der Waals surface area contributed by atoms with E-state index in [-0.39, 0.29) is 0 Å². The summed E-state index contributed by atoms with van der Waals surface area (Å²) in [6, 6.07) is 5.28. The van der Waals surface area contributed by atoms with Crippen LogP contribution in [0.3, 0.4) is 0 Å². The van der Waals surface area contributed by atoms with Crippen LogP contribution in [0.2, 0.25) is 0 Å². The minimum Gasteiger partial charge on any atom is -0.482 e. The van der Waals surface area contributed by atoms with Crippen LogP contribution < -0.4 is 14.4 Å². The van der Waals surface area contributed by atoms with Gasteiger partial charge in [0.2, 0.25) is 0 Å². The highest BCUT2D eigenvalue weighted by molar-refractivity contribution is 7.80. The first kappa shape index (κ1) is 11.3. The van der Waals surface area contributed by atoms with Gasteiger partial charge in [-0.3, -0.25) is 9.27 Å². The molecule has 0 bridgehead atoms. The molecular formula is C9H10N2O3S2. The molecule has 1 aromatic carbocycles. The first-order valence-corrected chi connectivity index (χ1v) is 6.01. The Morgan fingerprint density at radius 2 is 2.38 bits per heavy atom. The predicted octanol–water partition coefficient (Wildman–Crippen LogP) is 1.39. The fraction of sp³-hybridized carbons (Fsp3) is 0.222. The predicted molar refractivity (Wildman–Crippen MR) is 67.3 cm³/mol. The first-order valence-electron chi connectivity index (χ1n) is 4.49. The highest BCUT2D eigenvalue weighted by atomic mass is 32.2. The number of hydrogen-bond acceptors (Lipinski definition) is 3. The summed E-state index contributed by atoms with van der Waals surface area (Å²) in [4.78, 5) is 2.49. The summed E-state index contributed by atoms with van der Waals surface area (Å²) in [5.41, 5.74) is 1.26. The maximum atomic E-state index is 10.7. The molecule has 1 aliphatic heterocycles. The Morgan fingerprint density at radius 1 is 1.62 bits per heavy atom. The third-order valence-corrected chi connectivity index (χ3v) is 3.05. The van der Waals surface area contributed by atoms with Crippen molar-refractivity contribution in [3.8, 4) is 5.75 Å². The third-order valence-electron chi connectivity index (χ3n) is 2.27. The molecule has 2 N–H and O–H groups in total. The van der Waals surface area contributed by atoms with Crippen LogP contribution in [0.1, 0.15) is 0 Å². The Hall–Kier alpha value is -1.18. The normalized spacial score (nSPS) is 16.4. The van der Waals surface area contributed by atoms with Gasteiger partial charge in [0.15, 0.2) is 5.75 Å². The molecule has 0 saturated carbocycles. The molecule has 0 aromatic heterocycles. The van der Waals surface area contributed by atoms with Crippen molar-refractivity contribution in [2.45, 2.75) is 0 Å². The van der Waals surface area contributed by atoms with Gasteiger partial charge in [-0.2, -0.15) is 0 Å². The summed E-state index contributed by atoms with van der Waals surface area (Å²) in [5.74, 6) is 0.543. The zero-order valence-electron chi connectivity index (χ0n) is 8.47. The summed E-state index contributed by atoms with van der Waals surface area (Å²) in [6.07, 6.45) is 0. The van der Waals surface area contributed by atoms with Gasteiger partial charge in [0.25, 0.3) is 11.3 Å². The fourth-order valence-electron chi connectivity index (χ4n) is 1.48. The Bertz CT molecular complexity index is 464. The number of rotatable bonds is 2. The average molecular weight is 258 g/mol. The number of hydrogen-bond donors (Lipinski definition) is 2. The van der Waals surface area contributed by atoms with Gasteiger partial charge in [0, 0.05) is 7.05 Å². The van der Waals surface area contributed by atoms with Gasteiger partial charge in [-0.25, -0.2) is 4.21 Å². The summed E-state index contributed by atoms with van der Waals surface area (Å²) >= 11 is 2.99. The SMILES string of the molecule is CN1C(=S)COc2c(NS(=O)O)cccc21. The van der Waals surface area contributed by atoms with E-state index in [0.717, 1.165) is 5.69 Å². The van der Waals surface area contributed by atoms with Crippen molar-refractivity contribution in [3.05, 3.63) is 18.2 Å². The lowest BCUT2D eigenvalue weighted by atomic mass is 10.2. The number of benzene rings is 1. The van der Waals surface area contributed by atoms with Gasteiger partial charge in [0.05, 0.1) is 11.4 Å². The van der Waals surface area contributed by atoms with Gasteiger partial charge in [-0.1, -0.05) is 18.3 Å². The fourth-order valence-corrected chi connectivity index (χ4v) is 1.99. The summed E-state index contributed by atoms with van der Waals surface area (Å²) in [5, 5.41) is 0. The number of thiocarbonyl (C=S) groups is 1. The van der Waals surface area contributed by atoms with Crippen molar-refractivity contribution in [1.82, 2.24) is 0 Å². The third kappa shape index (κ3) is 2.01. The molecule has 1 aliphatic rings. The van der Waals surface area contributed by atoms with Gasteiger partial charge < -0.3 is 9.64 Å². The van der Waals surface area contributed by atoms with Crippen LogP contribution in [0.5, 0.6) is 5.75 Å². The molecule has 0 aliphatic carbocycles. The minimum absolute atomic E-state index is 0.301. The topological polar surface area (TPSA) is 61.8 Å². The van der Waals surface area contributed by atoms with E-state index in [0.29, 0.717) is 23.0 Å². The zero-order valence-corrected chi connectivity index (χ0v) is 10.1. The van der Waals surface area contributed by atoms with Crippen molar-refractivity contribution in [3.63, 3.8) is 0 Å². The van der Waals surface area contributed by atoms with E-state index in [2.05, 4.69) is 4.72 Å². The number of anilines is 2. The van der Waals surface area contributed by atoms with Crippen molar-refractivity contribution in [2.75, 3.05) is 23.3 Å². The molecule has 1 aromatic rings. The molecule has 5 nitrogen and oxygen atoms in total. The molecule has 2 rings (SSSR count). The Kier molecular flexibility index (Phi) is 3.08. The van der Waals surface area contributed by atoms with E-state index >= 15 is 0 Å². The number of nitrogens with one attached hydrogen (secondary N) is 1. The highest BCUT2D eigenvalue weighted by Gasteiger charge is 2.22. The minimum atomic E-state index is -2.12. The molecule has 7 heteroatoms. The molecule has 0 radical (unpaired) electrons. The van der Waals surface area contributed by atoms with Crippen LogP contribution in [0.15, 0.2) is 18.2 Å². The molecule has 0 amide bonds. The van der Waals surface area contributed by atoms with Crippen LogP contribution in [-0.2, 0) is 11.3 Å². The van der Waals surface area contributed by atoms with Crippen molar-refractivity contribution < 1.29 is 13.5 Å². The second-order valence-electron chi connectivity index (χ2n) is 3.25. The molecule has 0 spiro atoms. The van der Waals surface area contributed by atoms with Crippen molar-refractivity contribution in [1.29, 1.82) is 0 Å². The largest absolute Gasteiger partial charge is 0.482 e. The second kappa shape index (κ2) is 4.36. The number of ether oxygens (including phenoxy) is 1. The molecular weight excluding hydrogens is 248 g/mol. The number of para-hydroxylation sites is 1.